The van der Waals surface area contributed by atoms with Gasteiger partial charge in [0, 0.05) is 38.3 Å². The molecule has 2 saturated heterocycles. The molecule has 0 unspecified atom stereocenters. The van der Waals surface area contributed by atoms with Gasteiger partial charge in [-0.2, -0.15) is 0 Å². The molecular formula is C14H26N2O2. The van der Waals surface area contributed by atoms with Gasteiger partial charge in [-0.25, -0.2) is 0 Å². The van der Waals surface area contributed by atoms with E-state index in [9.17, 15) is 5.11 Å². The lowest BCUT2D eigenvalue weighted by Crippen LogP contribution is -2.49. The van der Waals surface area contributed by atoms with E-state index in [1.807, 2.05) is 0 Å². The van der Waals surface area contributed by atoms with Crippen molar-refractivity contribution in [2.45, 2.75) is 50.3 Å². The predicted octanol–water partition coefficient (Wildman–Crippen LogP) is 0.696. The van der Waals surface area contributed by atoms with E-state index in [0.717, 1.165) is 45.4 Å². The van der Waals surface area contributed by atoms with Crippen molar-refractivity contribution in [3.05, 3.63) is 0 Å². The maximum absolute atomic E-state index is 10.3. The van der Waals surface area contributed by atoms with Gasteiger partial charge in [-0.1, -0.05) is 19.3 Å². The average Bonchev–Trinajstić information content (AvgIpc) is 2.83. The van der Waals surface area contributed by atoms with Crippen LogP contribution in [-0.4, -0.2) is 72.5 Å². The predicted molar refractivity (Wildman–Crippen MR) is 70.6 cm³/mol. The number of hydrogen-bond donors (Lipinski definition) is 1. The third kappa shape index (κ3) is 2.72. The fourth-order valence-electron chi connectivity index (χ4n) is 3.81. The summed E-state index contributed by atoms with van der Waals surface area (Å²) in [5, 5.41) is 10.3. The molecule has 2 atom stereocenters. The summed E-state index contributed by atoms with van der Waals surface area (Å²) >= 11 is 0. The minimum Gasteiger partial charge on any atom is -0.390 e. The number of ether oxygens (including phenoxy) is 1. The van der Waals surface area contributed by atoms with E-state index in [0.29, 0.717) is 6.04 Å². The van der Waals surface area contributed by atoms with Crippen molar-refractivity contribution >= 4 is 0 Å². The molecular weight excluding hydrogens is 228 g/mol. The largest absolute Gasteiger partial charge is 0.390 e. The molecule has 0 aromatic rings. The molecule has 0 aromatic carbocycles. The lowest BCUT2D eigenvalue weighted by Gasteiger charge is -2.34. The Morgan fingerprint density at radius 3 is 2.33 bits per heavy atom. The number of hydrogen-bond acceptors (Lipinski definition) is 4. The van der Waals surface area contributed by atoms with Gasteiger partial charge in [-0.05, 0) is 12.8 Å². The van der Waals surface area contributed by atoms with Gasteiger partial charge in [0.05, 0.1) is 19.3 Å². The average molecular weight is 254 g/mol. The zero-order chi connectivity index (χ0) is 12.4. The van der Waals surface area contributed by atoms with E-state index < -0.39 is 0 Å². The van der Waals surface area contributed by atoms with Gasteiger partial charge in [0.1, 0.15) is 0 Å². The molecule has 2 aliphatic heterocycles. The zero-order valence-electron chi connectivity index (χ0n) is 11.3. The van der Waals surface area contributed by atoms with Gasteiger partial charge in [0.15, 0.2) is 0 Å². The molecule has 2 heterocycles. The SMILES string of the molecule is O[C@H]1CN(C2CCCCC2)C[C@@H]1N1CCOCC1. The Labute approximate surface area is 110 Å². The minimum absolute atomic E-state index is 0.162. The standard InChI is InChI=1S/C14H26N2O2/c17-14-11-16(12-4-2-1-3-5-12)10-13(14)15-6-8-18-9-7-15/h12-14,17H,1-11H2/t13-,14-/m0/s1. The quantitative estimate of drug-likeness (QED) is 0.787. The van der Waals surface area contributed by atoms with Crippen LogP contribution in [0.1, 0.15) is 32.1 Å². The van der Waals surface area contributed by atoms with E-state index >= 15 is 0 Å². The van der Waals surface area contributed by atoms with Gasteiger partial charge in [0.25, 0.3) is 0 Å². The van der Waals surface area contributed by atoms with Crippen LogP contribution in [0.5, 0.6) is 0 Å². The highest BCUT2D eigenvalue weighted by molar-refractivity contribution is 4.94. The third-order valence-corrected chi connectivity index (χ3v) is 4.89. The molecule has 3 aliphatic rings. The molecule has 4 heteroatoms. The van der Waals surface area contributed by atoms with Crippen molar-refractivity contribution in [3.8, 4) is 0 Å². The number of nitrogens with zero attached hydrogens (tertiary/aromatic N) is 2. The Morgan fingerprint density at radius 1 is 0.889 bits per heavy atom. The van der Waals surface area contributed by atoms with Crippen LogP contribution in [0.15, 0.2) is 0 Å². The molecule has 18 heavy (non-hydrogen) atoms. The van der Waals surface area contributed by atoms with Crippen molar-refractivity contribution in [1.29, 1.82) is 0 Å². The second-order valence-electron chi connectivity index (χ2n) is 6.03. The molecule has 0 radical (unpaired) electrons. The smallest absolute Gasteiger partial charge is 0.0834 e. The number of β-amino-alcohol motifs (C(OH)–C–C–N with tert-alkyl or cyclic N) is 1. The van der Waals surface area contributed by atoms with Gasteiger partial charge in [-0.15, -0.1) is 0 Å². The first kappa shape index (κ1) is 12.9. The van der Waals surface area contributed by atoms with Gasteiger partial charge in [0.2, 0.25) is 0 Å². The van der Waals surface area contributed by atoms with E-state index in [-0.39, 0.29) is 6.10 Å². The Hall–Kier alpha value is -0.160. The normalized spacial score (nSPS) is 37.2. The highest BCUT2D eigenvalue weighted by Gasteiger charge is 2.38. The molecule has 0 amide bonds. The fraction of sp³-hybridized carbons (Fsp3) is 1.00. The summed E-state index contributed by atoms with van der Waals surface area (Å²) in [5.74, 6) is 0. The Balaban J connectivity index is 1.57. The number of aliphatic hydroxyl groups is 1. The van der Waals surface area contributed by atoms with Crippen LogP contribution in [0.3, 0.4) is 0 Å². The van der Waals surface area contributed by atoms with E-state index in [1.54, 1.807) is 0 Å². The summed E-state index contributed by atoms with van der Waals surface area (Å²) < 4.78 is 5.40. The zero-order valence-corrected chi connectivity index (χ0v) is 11.3. The lowest BCUT2D eigenvalue weighted by molar-refractivity contribution is -0.00630. The lowest BCUT2D eigenvalue weighted by atomic mass is 9.94. The van der Waals surface area contributed by atoms with Crippen molar-refractivity contribution < 1.29 is 9.84 Å². The molecule has 3 fully saturated rings. The van der Waals surface area contributed by atoms with E-state index in [1.165, 1.54) is 32.1 Å². The van der Waals surface area contributed by atoms with Crippen LogP contribution >= 0.6 is 0 Å². The molecule has 4 nitrogen and oxygen atoms in total. The maximum Gasteiger partial charge on any atom is 0.0834 e. The van der Waals surface area contributed by atoms with Gasteiger partial charge >= 0.3 is 0 Å². The fourth-order valence-corrected chi connectivity index (χ4v) is 3.81. The summed E-state index contributed by atoms with van der Waals surface area (Å²) in [6.07, 6.45) is 6.66. The molecule has 3 rings (SSSR count). The maximum atomic E-state index is 10.3. The summed E-state index contributed by atoms with van der Waals surface area (Å²) in [6, 6.07) is 1.08. The van der Waals surface area contributed by atoms with Crippen LogP contribution in [0.4, 0.5) is 0 Å². The molecule has 0 spiro atoms. The number of morpholine rings is 1. The minimum atomic E-state index is -0.162. The van der Waals surface area contributed by atoms with Crippen molar-refractivity contribution in [1.82, 2.24) is 9.80 Å². The summed E-state index contributed by atoms with van der Waals surface area (Å²) in [7, 11) is 0. The number of likely N-dealkylation sites (tertiary alicyclic amines) is 1. The van der Waals surface area contributed by atoms with Gasteiger partial charge < -0.3 is 9.84 Å². The Kier molecular flexibility index (Phi) is 4.19. The first-order valence-corrected chi connectivity index (χ1v) is 7.58. The Bertz CT molecular complexity index is 263. The molecule has 1 N–H and O–H groups in total. The molecule has 1 aliphatic carbocycles. The monoisotopic (exact) mass is 254 g/mol. The molecule has 1 saturated carbocycles. The van der Waals surface area contributed by atoms with Crippen LogP contribution in [0, 0.1) is 0 Å². The summed E-state index contributed by atoms with van der Waals surface area (Å²) in [5.41, 5.74) is 0. The molecule has 104 valence electrons. The van der Waals surface area contributed by atoms with Crippen LogP contribution in [0.2, 0.25) is 0 Å². The second-order valence-corrected chi connectivity index (χ2v) is 6.03. The Morgan fingerprint density at radius 2 is 1.61 bits per heavy atom. The highest BCUT2D eigenvalue weighted by Crippen LogP contribution is 2.27. The van der Waals surface area contributed by atoms with E-state index in [4.69, 9.17) is 4.74 Å². The number of aliphatic hydroxyl groups excluding tert-OH is 1. The van der Waals surface area contributed by atoms with Crippen LogP contribution < -0.4 is 0 Å². The summed E-state index contributed by atoms with van der Waals surface area (Å²) in [6.45, 7) is 5.57. The number of rotatable bonds is 2. The van der Waals surface area contributed by atoms with Crippen molar-refractivity contribution in [3.63, 3.8) is 0 Å². The van der Waals surface area contributed by atoms with Crippen LogP contribution in [0.25, 0.3) is 0 Å². The summed E-state index contributed by atoms with van der Waals surface area (Å²) in [4.78, 5) is 4.97. The highest BCUT2D eigenvalue weighted by atomic mass is 16.5. The van der Waals surface area contributed by atoms with Crippen molar-refractivity contribution in [2.75, 3.05) is 39.4 Å². The van der Waals surface area contributed by atoms with Crippen molar-refractivity contribution in [2.24, 2.45) is 0 Å². The molecule has 0 aromatic heterocycles. The van der Waals surface area contributed by atoms with E-state index in [2.05, 4.69) is 9.80 Å². The molecule has 0 bridgehead atoms. The first-order chi connectivity index (χ1) is 8.84. The van der Waals surface area contributed by atoms with Crippen LogP contribution in [-0.2, 0) is 4.74 Å². The topological polar surface area (TPSA) is 35.9 Å². The van der Waals surface area contributed by atoms with Gasteiger partial charge in [-0.3, -0.25) is 9.80 Å². The first-order valence-electron chi connectivity index (χ1n) is 7.58. The third-order valence-electron chi connectivity index (χ3n) is 4.89. The second kappa shape index (κ2) is 5.87.